The average molecular weight is 378 g/mol. The van der Waals surface area contributed by atoms with Crippen molar-refractivity contribution in [2.75, 3.05) is 11.6 Å². The van der Waals surface area contributed by atoms with Crippen molar-refractivity contribution >= 4 is 34.3 Å². The molecule has 0 atom stereocenters. The molecule has 1 N–H and O–H groups in total. The number of amides is 1. The highest BCUT2D eigenvalue weighted by atomic mass is 32.2. The summed E-state index contributed by atoms with van der Waals surface area (Å²) in [4.78, 5) is 22.8. The topological polar surface area (TPSA) is 67.8 Å². The Morgan fingerprint density at radius 1 is 1.19 bits per heavy atom. The first-order valence-corrected chi connectivity index (χ1v) is 8.68. The van der Waals surface area contributed by atoms with Gasteiger partial charge in [0.05, 0.1) is 17.4 Å². The van der Waals surface area contributed by atoms with Crippen LogP contribution in [0.1, 0.15) is 18.4 Å². The third-order valence-electron chi connectivity index (χ3n) is 3.53. The van der Waals surface area contributed by atoms with Crippen molar-refractivity contribution in [3.05, 3.63) is 53.9 Å². The lowest BCUT2D eigenvalue weighted by Crippen LogP contribution is -2.21. The number of aromatic nitrogens is 3. The number of thioether (sulfide) groups is 1. The number of carbonyl (C=O) groups is 1. The fraction of sp³-hybridized carbons (Fsp3) is 0.176. The number of hydrogen-bond donors (Lipinski definition) is 1. The minimum atomic E-state index is -3.63. The van der Waals surface area contributed by atoms with Gasteiger partial charge in [-0.25, -0.2) is 14.4 Å². The molecule has 0 bridgehead atoms. The molecule has 134 valence electrons. The summed E-state index contributed by atoms with van der Waals surface area (Å²) in [5, 5.41) is 3.45. The molecule has 0 aliphatic heterocycles. The van der Waals surface area contributed by atoms with Gasteiger partial charge < -0.3 is 5.32 Å². The quantitative estimate of drug-likeness (QED) is 0.549. The number of para-hydroxylation sites is 1. The second kappa shape index (κ2) is 6.91. The molecule has 0 spiro atoms. The number of anilines is 1. The average Bonchev–Trinajstić information content (AvgIpc) is 2.61. The molecular formula is C17H13F3N4OS. The van der Waals surface area contributed by atoms with Gasteiger partial charge in [0.1, 0.15) is 16.5 Å². The second-order valence-corrected chi connectivity index (χ2v) is 6.17. The molecule has 26 heavy (non-hydrogen) atoms. The fourth-order valence-corrected chi connectivity index (χ4v) is 2.95. The van der Waals surface area contributed by atoms with Crippen molar-refractivity contribution in [1.29, 1.82) is 0 Å². The number of pyridine rings is 1. The van der Waals surface area contributed by atoms with Crippen molar-refractivity contribution in [3.8, 4) is 0 Å². The molecule has 0 unspecified atom stereocenters. The maximum Gasteiger partial charge on any atom is 0.348 e. The van der Waals surface area contributed by atoms with Gasteiger partial charge in [-0.15, -0.1) is 11.8 Å². The Hall–Kier alpha value is -2.68. The number of halogens is 3. The molecule has 1 aromatic carbocycles. The molecule has 9 heteroatoms. The van der Waals surface area contributed by atoms with Gasteiger partial charge in [-0.2, -0.15) is 8.78 Å². The zero-order valence-corrected chi connectivity index (χ0v) is 14.6. The first kappa shape index (κ1) is 18.1. The number of carbonyl (C=O) groups excluding carboxylic acids is 1. The maximum atomic E-state index is 14.9. The van der Waals surface area contributed by atoms with Gasteiger partial charge in [0, 0.05) is 12.3 Å². The Balaban J connectivity index is 2.22. The van der Waals surface area contributed by atoms with Gasteiger partial charge in [0.25, 0.3) is 0 Å². The van der Waals surface area contributed by atoms with Gasteiger partial charge in [-0.05, 0) is 30.5 Å². The van der Waals surface area contributed by atoms with Crippen LogP contribution >= 0.6 is 11.8 Å². The van der Waals surface area contributed by atoms with Crippen molar-refractivity contribution < 1.29 is 18.0 Å². The van der Waals surface area contributed by atoms with Gasteiger partial charge in [-0.3, -0.25) is 9.78 Å². The van der Waals surface area contributed by atoms with E-state index in [1.54, 1.807) is 24.5 Å². The number of rotatable bonds is 4. The van der Waals surface area contributed by atoms with E-state index in [0.29, 0.717) is 22.3 Å². The first-order chi connectivity index (χ1) is 12.3. The minimum absolute atomic E-state index is 0.193. The van der Waals surface area contributed by atoms with E-state index >= 15 is 0 Å². The Bertz CT molecular complexity index is 980. The molecule has 0 fully saturated rings. The summed E-state index contributed by atoms with van der Waals surface area (Å²) in [7, 11) is 0. The van der Waals surface area contributed by atoms with E-state index in [-0.39, 0.29) is 11.4 Å². The molecule has 0 saturated heterocycles. The lowest BCUT2D eigenvalue weighted by atomic mass is 10.1. The number of hydrogen-bond acceptors (Lipinski definition) is 5. The molecule has 0 aliphatic rings. The fourth-order valence-electron chi connectivity index (χ4n) is 2.39. The van der Waals surface area contributed by atoms with Crippen LogP contribution in [-0.2, 0) is 10.7 Å². The highest BCUT2D eigenvalue weighted by Gasteiger charge is 2.40. The normalized spacial score (nSPS) is 11.6. The van der Waals surface area contributed by atoms with E-state index in [1.807, 2.05) is 0 Å². The predicted molar refractivity (Wildman–Crippen MR) is 92.8 cm³/mol. The SMILES string of the molecule is CSc1nc(C(F)(F)c2ccc(F)cn2)nc2c(NC(C)=O)cccc12. The molecule has 3 aromatic rings. The molecule has 0 aliphatic carbocycles. The Morgan fingerprint density at radius 2 is 1.96 bits per heavy atom. The number of fused-ring (bicyclic) bond motifs is 1. The lowest BCUT2D eigenvalue weighted by molar-refractivity contribution is -0.114. The van der Waals surface area contributed by atoms with E-state index < -0.39 is 23.3 Å². The predicted octanol–water partition coefficient (Wildman–Crippen LogP) is 3.98. The minimum Gasteiger partial charge on any atom is -0.324 e. The first-order valence-electron chi connectivity index (χ1n) is 7.45. The summed E-state index contributed by atoms with van der Waals surface area (Å²) in [6, 6.07) is 6.72. The molecule has 1 amide bonds. The smallest absolute Gasteiger partial charge is 0.324 e. The molecule has 3 rings (SSSR count). The van der Waals surface area contributed by atoms with Crippen molar-refractivity contribution in [2.24, 2.45) is 0 Å². The largest absolute Gasteiger partial charge is 0.348 e. The number of nitrogens with one attached hydrogen (secondary N) is 1. The number of benzene rings is 1. The standard InChI is InChI=1S/C17H13F3N4OS/c1-9(25)22-12-5-3-4-11-14(12)23-16(24-15(11)26-2)17(19,20)13-7-6-10(18)8-21-13/h3-8H,1-2H3,(H,22,25). The summed E-state index contributed by atoms with van der Waals surface area (Å²) in [6.07, 6.45) is 2.41. The van der Waals surface area contributed by atoms with E-state index in [2.05, 4.69) is 20.3 Å². The second-order valence-electron chi connectivity index (χ2n) is 5.38. The molecule has 2 heterocycles. The molecule has 5 nitrogen and oxygen atoms in total. The summed E-state index contributed by atoms with van der Waals surface area (Å²) < 4.78 is 42.7. The van der Waals surface area contributed by atoms with Crippen molar-refractivity contribution in [1.82, 2.24) is 15.0 Å². The maximum absolute atomic E-state index is 14.9. The Morgan fingerprint density at radius 3 is 2.58 bits per heavy atom. The lowest BCUT2D eigenvalue weighted by Gasteiger charge is -2.17. The molecule has 0 saturated carbocycles. The summed E-state index contributed by atoms with van der Waals surface area (Å²) in [6.45, 7) is 1.31. The van der Waals surface area contributed by atoms with Gasteiger partial charge in [-0.1, -0.05) is 6.07 Å². The summed E-state index contributed by atoms with van der Waals surface area (Å²) in [5.74, 6) is -5.47. The van der Waals surface area contributed by atoms with Crippen LogP contribution in [0.25, 0.3) is 10.9 Å². The van der Waals surface area contributed by atoms with E-state index in [9.17, 15) is 18.0 Å². The van der Waals surface area contributed by atoms with Crippen molar-refractivity contribution in [2.45, 2.75) is 17.9 Å². The highest BCUT2D eigenvalue weighted by Crippen LogP contribution is 2.36. The zero-order valence-electron chi connectivity index (χ0n) is 13.8. The number of nitrogens with zero attached hydrogens (tertiary/aromatic N) is 3. The third-order valence-corrected chi connectivity index (χ3v) is 4.22. The van der Waals surface area contributed by atoms with Crippen LogP contribution in [0, 0.1) is 5.82 Å². The third kappa shape index (κ3) is 3.34. The van der Waals surface area contributed by atoms with Crippen molar-refractivity contribution in [3.63, 3.8) is 0 Å². The van der Waals surface area contributed by atoms with Gasteiger partial charge in [0.2, 0.25) is 11.7 Å². The summed E-state index contributed by atoms with van der Waals surface area (Å²) in [5.41, 5.74) is -0.169. The van der Waals surface area contributed by atoms with E-state index in [1.165, 1.54) is 18.7 Å². The zero-order chi connectivity index (χ0) is 18.9. The van der Waals surface area contributed by atoms with Crippen LogP contribution in [0.2, 0.25) is 0 Å². The Labute approximate surface area is 151 Å². The summed E-state index contributed by atoms with van der Waals surface area (Å²) >= 11 is 1.18. The van der Waals surface area contributed by atoms with E-state index in [4.69, 9.17) is 0 Å². The van der Waals surface area contributed by atoms with Crippen LogP contribution in [0.15, 0.2) is 41.6 Å². The van der Waals surface area contributed by atoms with Gasteiger partial charge in [0.15, 0.2) is 0 Å². The van der Waals surface area contributed by atoms with Gasteiger partial charge >= 0.3 is 5.92 Å². The molecule has 0 radical (unpaired) electrons. The van der Waals surface area contributed by atoms with E-state index in [0.717, 1.165) is 12.1 Å². The van der Waals surface area contributed by atoms with Crippen LogP contribution in [0.5, 0.6) is 0 Å². The highest BCUT2D eigenvalue weighted by molar-refractivity contribution is 7.98. The monoisotopic (exact) mass is 378 g/mol. The Kier molecular flexibility index (Phi) is 4.82. The molecular weight excluding hydrogens is 365 g/mol. The number of alkyl halides is 2. The molecule has 2 aromatic heterocycles. The van der Waals surface area contributed by atoms with Crippen LogP contribution in [0.4, 0.5) is 18.9 Å². The van der Waals surface area contributed by atoms with Crippen LogP contribution in [0.3, 0.4) is 0 Å². The van der Waals surface area contributed by atoms with Crippen LogP contribution in [-0.4, -0.2) is 27.1 Å². The van der Waals surface area contributed by atoms with Crippen LogP contribution < -0.4 is 5.32 Å².